The summed E-state index contributed by atoms with van der Waals surface area (Å²) >= 11 is 6.26. The van der Waals surface area contributed by atoms with Crippen molar-refractivity contribution in [2.75, 3.05) is 46.0 Å². The van der Waals surface area contributed by atoms with Gasteiger partial charge in [0.05, 0.1) is 18.2 Å². The van der Waals surface area contributed by atoms with Gasteiger partial charge in [-0.2, -0.15) is 0 Å². The zero-order chi connectivity index (χ0) is 19.4. The molecule has 146 valence electrons. The molecule has 1 N–H and O–H groups in total. The zero-order valence-corrected chi connectivity index (χ0v) is 16.2. The van der Waals surface area contributed by atoms with Gasteiger partial charge in [0.15, 0.2) is 6.61 Å². The van der Waals surface area contributed by atoms with E-state index in [2.05, 4.69) is 10.2 Å². The van der Waals surface area contributed by atoms with Gasteiger partial charge in [-0.15, -0.1) is 0 Å². The van der Waals surface area contributed by atoms with Crippen LogP contribution in [0.5, 0.6) is 5.75 Å². The summed E-state index contributed by atoms with van der Waals surface area (Å²) in [5.41, 5.74) is 1.35. The Balaban J connectivity index is 1.57. The zero-order valence-electron chi connectivity index (χ0n) is 15.5. The van der Waals surface area contributed by atoms with E-state index in [1.165, 1.54) is 0 Å². The lowest BCUT2D eigenvalue weighted by Gasteiger charge is -2.26. The molecular formula is C19H23ClN2O5. The maximum absolute atomic E-state index is 12.0. The molecule has 1 saturated heterocycles. The van der Waals surface area contributed by atoms with Crippen molar-refractivity contribution in [2.24, 2.45) is 0 Å². The number of hydrogen-bond donors (Lipinski definition) is 1. The molecule has 0 unspecified atom stereocenters. The van der Waals surface area contributed by atoms with E-state index in [0.717, 1.165) is 43.8 Å². The van der Waals surface area contributed by atoms with Gasteiger partial charge in [-0.3, -0.25) is 9.69 Å². The van der Waals surface area contributed by atoms with E-state index in [-0.39, 0.29) is 12.5 Å². The van der Waals surface area contributed by atoms with Crippen LogP contribution in [0, 0.1) is 13.8 Å². The second kappa shape index (κ2) is 8.73. The van der Waals surface area contributed by atoms with Gasteiger partial charge in [0.25, 0.3) is 5.91 Å². The largest absolute Gasteiger partial charge is 0.482 e. The molecule has 0 aliphatic carbocycles. The highest BCUT2D eigenvalue weighted by Gasteiger charge is 2.14. The third kappa shape index (κ3) is 4.80. The summed E-state index contributed by atoms with van der Waals surface area (Å²) in [6, 6.07) is 3.24. The molecule has 1 fully saturated rings. The molecular weight excluding hydrogens is 372 g/mol. The predicted molar refractivity (Wildman–Crippen MR) is 103 cm³/mol. The number of fused-ring (bicyclic) bond motifs is 1. The van der Waals surface area contributed by atoms with Gasteiger partial charge in [-0.1, -0.05) is 11.6 Å². The first-order valence-electron chi connectivity index (χ1n) is 8.89. The van der Waals surface area contributed by atoms with Crippen LogP contribution in [0.15, 0.2) is 21.3 Å². The number of hydrogen-bond acceptors (Lipinski definition) is 6. The smallest absolute Gasteiger partial charge is 0.339 e. The van der Waals surface area contributed by atoms with E-state index < -0.39 is 5.63 Å². The molecule has 1 aromatic heterocycles. The number of benzene rings is 1. The molecule has 1 amide bonds. The average Bonchev–Trinajstić information content (AvgIpc) is 2.66. The normalized spacial score (nSPS) is 15.1. The van der Waals surface area contributed by atoms with E-state index in [0.29, 0.717) is 28.5 Å². The Kier molecular flexibility index (Phi) is 6.36. The van der Waals surface area contributed by atoms with Crippen molar-refractivity contribution in [1.29, 1.82) is 0 Å². The SMILES string of the molecule is Cc1c(C)c2cc(Cl)c(OCC(=O)NCCN3CCOCC3)cc2oc1=O. The highest BCUT2D eigenvalue weighted by atomic mass is 35.5. The molecule has 1 aliphatic rings. The van der Waals surface area contributed by atoms with Gasteiger partial charge < -0.3 is 19.2 Å². The number of carbonyl (C=O) groups is 1. The topological polar surface area (TPSA) is 81.0 Å². The number of morpholine rings is 1. The summed E-state index contributed by atoms with van der Waals surface area (Å²) in [5, 5.41) is 3.93. The first-order chi connectivity index (χ1) is 13.0. The second-order valence-corrected chi connectivity index (χ2v) is 6.92. The van der Waals surface area contributed by atoms with Crippen molar-refractivity contribution < 1.29 is 18.7 Å². The van der Waals surface area contributed by atoms with Crippen LogP contribution < -0.4 is 15.7 Å². The third-order valence-corrected chi connectivity index (χ3v) is 5.02. The van der Waals surface area contributed by atoms with Crippen LogP contribution in [0.3, 0.4) is 0 Å². The van der Waals surface area contributed by atoms with E-state index in [9.17, 15) is 9.59 Å². The molecule has 2 heterocycles. The van der Waals surface area contributed by atoms with Crippen molar-refractivity contribution in [1.82, 2.24) is 10.2 Å². The van der Waals surface area contributed by atoms with E-state index in [1.54, 1.807) is 19.1 Å². The van der Waals surface area contributed by atoms with Gasteiger partial charge in [0, 0.05) is 43.2 Å². The Morgan fingerprint density at radius 2 is 2.00 bits per heavy atom. The number of amides is 1. The molecule has 0 radical (unpaired) electrons. The summed E-state index contributed by atoms with van der Waals surface area (Å²) in [6.07, 6.45) is 0. The minimum Gasteiger partial charge on any atom is -0.482 e. The molecule has 0 spiro atoms. The molecule has 7 nitrogen and oxygen atoms in total. The fourth-order valence-electron chi connectivity index (χ4n) is 2.93. The monoisotopic (exact) mass is 394 g/mol. The quantitative estimate of drug-likeness (QED) is 0.753. The van der Waals surface area contributed by atoms with Gasteiger partial charge in [0.2, 0.25) is 0 Å². The van der Waals surface area contributed by atoms with Crippen molar-refractivity contribution >= 4 is 28.5 Å². The predicted octanol–water partition coefficient (Wildman–Crippen LogP) is 1.89. The van der Waals surface area contributed by atoms with Crippen LogP contribution in [0.1, 0.15) is 11.1 Å². The Hall–Kier alpha value is -2.09. The van der Waals surface area contributed by atoms with Crippen molar-refractivity contribution in [3.63, 3.8) is 0 Å². The number of ether oxygens (including phenoxy) is 2. The van der Waals surface area contributed by atoms with E-state index >= 15 is 0 Å². The van der Waals surface area contributed by atoms with Crippen molar-refractivity contribution in [3.05, 3.63) is 38.7 Å². The number of nitrogens with one attached hydrogen (secondary N) is 1. The molecule has 3 rings (SSSR count). The minimum atomic E-state index is -0.394. The van der Waals surface area contributed by atoms with Crippen molar-refractivity contribution in [2.45, 2.75) is 13.8 Å². The summed E-state index contributed by atoms with van der Waals surface area (Å²) in [7, 11) is 0. The third-order valence-electron chi connectivity index (χ3n) is 4.72. The van der Waals surface area contributed by atoms with E-state index in [1.807, 2.05) is 6.92 Å². The number of halogens is 1. The highest BCUT2D eigenvalue weighted by molar-refractivity contribution is 6.32. The molecule has 27 heavy (non-hydrogen) atoms. The first kappa shape index (κ1) is 19.7. The molecule has 1 aliphatic heterocycles. The summed E-state index contributed by atoms with van der Waals surface area (Å²) in [6.45, 7) is 7.92. The molecule has 1 aromatic carbocycles. The lowest BCUT2D eigenvalue weighted by molar-refractivity contribution is -0.123. The van der Waals surface area contributed by atoms with Crippen LogP contribution in [0.25, 0.3) is 11.0 Å². The number of nitrogens with zero attached hydrogens (tertiary/aromatic N) is 1. The second-order valence-electron chi connectivity index (χ2n) is 6.51. The van der Waals surface area contributed by atoms with Crippen LogP contribution in [0.2, 0.25) is 5.02 Å². The van der Waals surface area contributed by atoms with Crippen LogP contribution in [-0.2, 0) is 9.53 Å². The van der Waals surface area contributed by atoms with Crippen molar-refractivity contribution in [3.8, 4) is 5.75 Å². The first-order valence-corrected chi connectivity index (χ1v) is 9.26. The van der Waals surface area contributed by atoms with Crippen LogP contribution in [0.4, 0.5) is 0 Å². The van der Waals surface area contributed by atoms with Gasteiger partial charge in [0.1, 0.15) is 11.3 Å². The van der Waals surface area contributed by atoms with Crippen LogP contribution in [-0.4, -0.2) is 56.8 Å². The maximum atomic E-state index is 12.0. The fraction of sp³-hybridized carbons (Fsp3) is 0.474. The summed E-state index contributed by atoms with van der Waals surface area (Å²) < 4.78 is 16.1. The average molecular weight is 395 g/mol. The van der Waals surface area contributed by atoms with Gasteiger partial charge in [-0.25, -0.2) is 4.79 Å². The highest BCUT2D eigenvalue weighted by Crippen LogP contribution is 2.31. The lowest BCUT2D eigenvalue weighted by Crippen LogP contribution is -2.42. The number of aryl methyl sites for hydroxylation is 1. The maximum Gasteiger partial charge on any atom is 0.339 e. The standard InChI is InChI=1S/C19H23ClN2O5/c1-12-13(2)19(24)27-16-10-17(15(20)9-14(12)16)26-11-18(23)21-3-4-22-5-7-25-8-6-22/h9-10H,3-8,11H2,1-2H3,(H,21,23). The molecule has 0 saturated carbocycles. The molecule has 8 heteroatoms. The van der Waals surface area contributed by atoms with Gasteiger partial charge in [-0.05, 0) is 25.5 Å². The summed E-state index contributed by atoms with van der Waals surface area (Å²) in [5.74, 6) is 0.0693. The molecule has 2 aromatic rings. The summed E-state index contributed by atoms with van der Waals surface area (Å²) in [4.78, 5) is 26.1. The van der Waals surface area contributed by atoms with Gasteiger partial charge >= 0.3 is 5.63 Å². The van der Waals surface area contributed by atoms with Crippen LogP contribution >= 0.6 is 11.6 Å². The Bertz CT molecular complexity index is 890. The minimum absolute atomic E-state index is 0.163. The number of rotatable bonds is 6. The molecule has 0 atom stereocenters. The number of carbonyl (C=O) groups excluding carboxylic acids is 1. The fourth-order valence-corrected chi connectivity index (χ4v) is 3.15. The lowest BCUT2D eigenvalue weighted by atomic mass is 10.1. The Morgan fingerprint density at radius 3 is 2.74 bits per heavy atom. The van der Waals surface area contributed by atoms with E-state index in [4.69, 9.17) is 25.5 Å². The molecule has 0 bridgehead atoms. The Morgan fingerprint density at radius 1 is 1.26 bits per heavy atom. The Labute approximate surface area is 162 Å².